The van der Waals surface area contributed by atoms with Gasteiger partial charge in [-0.05, 0) is 24.6 Å². The highest BCUT2D eigenvalue weighted by Gasteiger charge is 2.20. The molecule has 0 spiro atoms. The molecular weight excluding hydrogens is 298 g/mol. The van der Waals surface area contributed by atoms with Crippen LogP contribution in [0.25, 0.3) is 11.1 Å². The molecule has 1 aromatic heterocycles. The van der Waals surface area contributed by atoms with Gasteiger partial charge in [0.1, 0.15) is 0 Å². The maximum atomic E-state index is 11.9. The summed E-state index contributed by atoms with van der Waals surface area (Å²) in [6, 6.07) is 4.92. The first-order valence-corrected chi connectivity index (χ1v) is 7.47. The van der Waals surface area contributed by atoms with E-state index in [1.165, 1.54) is 0 Å². The minimum atomic E-state index is -0.530. The van der Waals surface area contributed by atoms with Crippen LogP contribution in [0.15, 0.2) is 27.4 Å². The third kappa shape index (κ3) is 4.70. The monoisotopic (exact) mass is 319 g/mol. The quantitative estimate of drug-likeness (QED) is 0.733. The van der Waals surface area contributed by atoms with E-state index in [0.29, 0.717) is 36.2 Å². The number of carbonyl (C=O) groups excluding carboxylic acids is 2. The van der Waals surface area contributed by atoms with Gasteiger partial charge in [0.2, 0.25) is 11.8 Å². The highest BCUT2D eigenvalue weighted by atomic mass is 16.4. The van der Waals surface area contributed by atoms with Gasteiger partial charge in [0, 0.05) is 24.1 Å². The highest BCUT2D eigenvalue weighted by Crippen LogP contribution is 2.16. The van der Waals surface area contributed by atoms with E-state index in [1.807, 2.05) is 20.8 Å². The van der Waals surface area contributed by atoms with Crippen LogP contribution in [-0.4, -0.2) is 23.3 Å². The standard InChI is InChI=1S/C16H21N3O4/c1-16(2,3)14(21)17-8-4-5-13(20)18-10-6-7-12-11(9-10)19-15(22)23-12/h6-7,9H,4-5,8H2,1-3H3,(H,17,21)(H,18,20)(H,19,22). The molecule has 7 heteroatoms. The van der Waals surface area contributed by atoms with Crippen LogP contribution in [0.5, 0.6) is 0 Å². The summed E-state index contributed by atoms with van der Waals surface area (Å²) in [6.45, 7) is 5.97. The van der Waals surface area contributed by atoms with Gasteiger partial charge in [0.05, 0.1) is 5.52 Å². The van der Waals surface area contributed by atoms with Crippen LogP contribution in [-0.2, 0) is 9.59 Å². The Labute approximate surface area is 133 Å². The van der Waals surface area contributed by atoms with E-state index in [4.69, 9.17) is 4.42 Å². The Hall–Kier alpha value is -2.57. The number of hydrogen-bond donors (Lipinski definition) is 3. The molecule has 0 saturated heterocycles. The van der Waals surface area contributed by atoms with E-state index in [2.05, 4.69) is 15.6 Å². The first-order valence-electron chi connectivity index (χ1n) is 7.47. The molecule has 0 saturated carbocycles. The van der Waals surface area contributed by atoms with Crippen molar-refractivity contribution >= 4 is 28.6 Å². The van der Waals surface area contributed by atoms with Crippen LogP contribution in [0.4, 0.5) is 5.69 Å². The Morgan fingerprint density at radius 1 is 1.26 bits per heavy atom. The summed E-state index contributed by atoms with van der Waals surface area (Å²) in [5.74, 6) is -0.717. The molecule has 0 aliphatic rings. The van der Waals surface area contributed by atoms with E-state index in [1.54, 1.807) is 18.2 Å². The zero-order valence-electron chi connectivity index (χ0n) is 13.5. The smallest absolute Gasteiger partial charge is 0.408 e. The largest absolute Gasteiger partial charge is 0.417 e. The molecule has 0 fully saturated rings. The predicted octanol–water partition coefficient (Wildman–Crippen LogP) is 2.00. The zero-order valence-corrected chi connectivity index (χ0v) is 13.5. The van der Waals surface area contributed by atoms with Gasteiger partial charge in [0.25, 0.3) is 0 Å². The number of anilines is 1. The number of hydrogen-bond acceptors (Lipinski definition) is 4. The molecule has 0 atom stereocenters. The fourth-order valence-electron chi connectivity index (χ4n) is 1.97. The summed E-state index contributed by atoms with van der Waals surface area (Å²) in [7, 11) is 0. The van der Waals surface area contributed by atoms with Crippen LogP contribution >= 0.6 is 0 Å². The molecule has 124 valence electrons. The lowest BCUT2D eigenvalue weighted by Crippen LogP contribution is -2.35. The van der Waals surface area contributed by atoms with Gasteiger partial charge in [0.15, 0.2) is 5.58 Å². The van der Waals surface area contributed by atoms with Gasteiger partial charge in [-0.15, -0.1) is 0 Å². The minimum absolute atomic E-state index is 0.0349. The maximum Gasteiger partial charge on any atom is 0.417 e. The first kappa shape index (κ1) is 16.8. The summed E-state index contributed by atoms with van der Waals surface area (Å²) in [4.78, 5) is 37.2. The van der Waals surface area contributed by atoms with Crippen LogP contribution in [0.2, 0.25) is 0 Å². The van der Waals surface area contributed by atoms with Crippen molar-refractivity contribution in [2.45, 2.75) is 33.6 Å². The maximum absolute atomic E-state index is 11.9. The number of carbonyl (C=O) groups is 2. The number of benzene rings is 1. The Balaban J connectivity index is 1.80. The molecule has 0 aliphatic carbocycles. The van der Waals surface area contributed by atoms with E-state index in [-0.39, 0.29) is 11.8 Å². The Morgan fingerprint density at radius 2 is 2.00 bits per heavy atom. The molecule has 0 radical (unpaired) electrons. The second kappa shape index (κ2) is 6.68. The Bertz CT molecular complexity index is 767. The van der Waals surface area contributed by atoms with E-state index in [0.717, 1.165) is 0 Å². The second-order valence-electron chi connectivity index (χ2n) is 6.38. The van der Waals surface area contributed by atoms with E-state index in [9.17, 15) is 14.4 Å². The fraction of sp³-hybridized carbons (Fsp3) is 0.438. The van der Waals surface area contributed by atoms with Crippen molar-refractivity contribution in [1.29, 1.82) is 0 Å². The van der Waals surface area contributed by atoms with Crippen LogP contribution in [0.3, 0.4) is 0 Å². The molecule has 1 aromatic carbocycles. The molecular formula is C16H21N3O4. The molecule has 1 heterocycles. The van der Waals surface area contributed by atoms with Gasteiger partial charge in [-0.2, -0.15) is 0 Å². The third-order valence-corrected chi connectivity index (χ3v) is 3.25. The number of aromatic amines is 1. The van der Waals surface area contributed by atoms with Crippen molar-refractivity contribution in [3.05, 3.63) is 28.7 Å². The molecule has 23 heavy (non-hydrogen) atoms. The summed E-state index contributed by atoms with van der Waals surface area (Å²) < 4.78 is 4.89. The number of aromatic nitrogens is 1. The molecule has 0 bridgehead atoms. The lowest BCUT2D eigenvalue weighted by Gasteiger charge is -2.17. The predicted molar refractivity (Wildman–Crippen MR) is 87.2 cm³/mol. The molecule has 2 amide bonds. The SMILES string of the molecule is CC(C)(C)C(=O)NCCCC(=O)Nc1ccc2oc(=O)[nH]c2c1. The molecule has 2 rings (SSSR count). The van der Waals surface area contributed by atoms with Gasteiger partial charge in [-0.1, -0.05) is 20.8 Å². The number of nitrogens with one attached hydrogen (secondary N) is 3. The van der Waals surface area contributed by atoms with Gasteiger partial charge in [-0.3, -0.25) is 14.6 Å². The summed E-state index contributed by atoms with van der Waals surface area (Å²) >= 11 is 0. The number of amides is 2. The van der Waals surface area contributed by atoms with Crippen molar-refractivity contribution in [3.8, 4) is 0 Å². The topological polar surface area (TPSA) is 104 Å². The van der Waals surface area contributed by atoms with E-state index >= 15 is 0 Å². The van der Waals surface area contributed by atoms with Crippen molar-refractivity contribution in [3.63, 3.8) is 0 Å². The third-order valence-electron chi connectivity index (χ3n) is 3.25. The van der Waals surface area contributed by atoms with Gasteiger partial charge >= 0.3 is 5.76 Å². The van der Waals surface area contributed by atoms with Crippen molar-refractivity contribution < 1.29 is 14.0 Å². The van der Waals surface area contributed by atoms with Crippen LogP contribution in [0.1, 0.15) is 33.6 Å². The zero-order chi connectivity index (χ0) is 17.0. The first-order chi connectivity index (χ1) is 10.8. The average molecular weight is 319 g/mol. The van der Waals surface area contributed by atoms with E-state index < -0.39 is 11.2 Å². The highest BCUT2D eigenvalue weighted by molar-refractivity contribution is 5.92. The van der Waals surface area contributed by atoms with Gasteiger partial charge < -0.3 is 15.1 Å². The number of H-pyrrole nitrogens is 1. The molecule has 0 unspecified atom stereocenters. The molecule has 0 aliphatic heterocycles. The van der Waals surface area contributed by atoms with Crippen molar-refractivity contribution in [1.82, 2.24) is 10.3 Å². The summed E-state index contributed by atoms with van der Waals surface area (Å²) in [6.07, 6.45) is 0.850. The van der Waals surface area contributed by atoms with Crippen LogP contribution < -0.4 is 16.4 Å². The number of oxazole rings is 1. The molecule has 2 aromatic rings. The van der Waals surface area contributed by atoms with Crippen molar-refractivity contribution in [2.75, 3.05) is 11.9 Å². The summed E-state index contributed by atoms with van der Waals surface area (Å²) in [5.41, 5.74) is 1.13. The lowest BCUT2D eigenvalue weighted by molar-refractivity contribution is -0.128. The average Bonchev–Trinajstić information content (AvgIpc) is 2.81. The second-order valence-corrected chi connectivity index (χ2v) is 6.38. The fourth-order valence-corrected chi connectivity index (χ4v) is 1.97. The number of rotatable bonds is 5. The van der Waals surface area contributed by atoms with Gasteiger partial charge in [-0.25, -0.2) is 4.79 Å². The Morgan fingerprint density at radius 3 is 2.70 bits per heavy atom. The lowest BCUT2D eigenvalue weighted by atomic mass is 9.96. The summed E-state index contributed by atoms with van der Waals surface area (Å²) in [5, 5.41) is 5.54. The normalized spacial score (nSPS) is 11.4. The molecule has 7 nitrogen and oxygen atoms in total. The van der Waals surface area contributed by atoms with Crippen LogP contribution in [0, 0.1) is 5.41 Å². The number of fused-ring (bicyclic) bond motifs is 1. The Kier molecular flexibility index (Phi) is 4.88. The molecule has 3 N–H and O–H groups in total. The minimum Gasteiger partial charge on any atom is -0.408 e. The van der Waals surface area contributed by atoms with Crippen molar-refractivity contribution in [2.24, 2.45) is 5.41 Å².